The van der Waals surface area contributed by atoms with Gasteiger partial charge in [0, 0.05) is 47.6 Å². The average molecular weight is 733 g/mol. The van der Waals surface area contributed by atoms with E-state index in [2.05, 4.69) is 164 Å². The van der Waals surface area contributed by atoms with Gasteiger partial charge >= 0.3 is 0 Å². The minimum Gasteiger partial charge on any atom is -0.456 e. The lowest BCUT2D eigenvalue weighted by Gasteiger charge is -2.14. The van der Waals surface area contributed by atoms with Crippen molar-refractivity contribution < 1.29 is 4.42 Å². The van der Waals surface area contributed by atoms with E-state index >= 15 is 0 Å². The number of aromatic nitrogens is 2. The molecule has 0 unspecified atom stereocenters. The van der Waals surface area contributed by atoms with Crippen molar-refractivity contribution in [2.24, 2.45) is 0 Å². The Morgan fingerprint density at radius 3 is 1.79 bits per heavy atom. The second kappa shape index (κ2) is 13.3. The molecule has 8 aromatic carbocycles. The molecule has 0 bridgehead atoms. The summed E-state index contributed by atoms with van der Waals surface area (Å²) < 4.78 is 8.84. The summed E-state index contributed by atoms with van der Waals surface area (Å²) in [7, 11) is 0. The summed E-state index contributed by atoms with van der Waals surface area (Å²) in [5.74, 6) is 0.686. The third-order valence-electron chi connectivity index (χ3n) is 10.7. The molecule has 0 amide bonds. The Kier molecular flexibility index (Phi) is 7.68. The van der Waals surface area contributed by atoms with E-state index in [1.54, 1.807) is 0 Å². The maximum atomic E-state index is 6.26. The average Bonchev–Trinajstić information content (AvgIpc) is 3.85. The van der Waals surface area contributed by atoms with E-state index in [9.17, 15) is 0 Å². The largest absolute Gasteiger partial charge is 0.456 e. The van der Waals surface area contributed by atoms with Crippen molar-refractivity contribution >= 4 is 53.4 Å². The first kappa shape index (κ1) is 32.3. The molecule has 3 heterocycles. The molecule has 0 saturated carbocycles. The first-order valence-corrected chi connectivity index (χ1v) is 19.6. The Labute approximate surface area is 327 Å². The van der Waals surface area contributed by atoms with E-state index < -0.39 is 0 Å². The lowest BCUT2D eigenvalue weighted by molar-refractivity contribution is 0.669. The molecule has 56 heavy (non-hydrogen) atoms. The van der Waals surface area contributed by atoms with Crippen molar-refractivity contribution in [2.75, 3.05) is 0 Å². The van der Waals surface area contributed by atoms with Gasteiger partial charge in [-0.15, -0.1) is 11.3 Å². The highest BCUT2D eigenvalue weighted by molar-refractivity contribution is 7.26. The Morgan fingerprint density at radius 1 is 0.339 bits per heavy atom. The van der Waals surface area contributed by atoms with E-state index in [-0.39, 0.29) is 0 Å². The zero-order valence-corrected chi connectivity index (χ0v) is 31.0. The molecule has 0 saturated heterocycles. The minimum absolute atomic E-state index is 0.686. The van der Waals surface area contributed by atoms with Gasteiger partial charge in [-0.1, -0.05) is 140 Å². The molecule has 11 aromatic rings. The van der Waals surface area contributed by atoms with Crippen molar-refractivity contribution in [3.05, 3.63) is 194 Å². The molecule has 0 aliphatic rings. The van der Waals surface area contributed by atoms with E-state index in [4.69, 9.17) is 14.4 Å². The topological polar surface area (TPSA) is 38.9 Å². The summed E-state index contributed by atoms with van der Waals surface area (Å²) in [6.07, 6.45) is 0. The van der Waals surface area contributed by atoms with Crippen LogP contribution >= 0.6 is 11.3 Å². The summed E-state index contributed by atoms with van der Waals surface area (Å²) >= 11 is 1.86. The van der Waals surface area contributed by atoms with Crippen LogP contribution in [0.4, 0.5) is 0 Å². The maximum Gasteiger partial charge on any atom is 0.160 e. The van der Waals surface area contributed by atoms with Crippen LogP contribution in [0, 0.1) is 0 Å². The summed E-state index contributed by atoms with van der Waals surface area (Å²) in [6, 6.07) is 68.6. The fourth-order valence-electron chi connectivity index (χ4n) is 7.93. The second-order valence-corrected chi connectivity index (χ2v) is 15.2. The van der Waals surface area contributed by atoms with Gasteiger partial charge in [0.05, 0.1) is 11.4 Å². The van der Waals surface area contributed by atoms with Crippen LogP contribution in [0.15, 0.2) is 199 Å². The molecule has 0 atom stereocenters. The van der Waals surface area contributed by atoms with Crippen molar-refractivity contribution in [1.82, 2.24) is 9.97 Å². The van der Waals surface area contributed by atoms with Gasteiger partial charge in [0.1, 0.15) is 11.2 Å². The molecule has 3 nitrogen and oxygen atoms in total. The fourth-order valence-corrected chi connectivity index (χ4v) is 9.16. The Balaban J connectivity index is 1.09. The van der Waals surface area contributed by atoms with E-state index in [1.165, 1.54) is 25.7 Å². The van der Waals surface area contributed by atoms with E-state index in [0.29, 0.717) is 5.82 Å². The fraction of sp³-hybridized carbons (Fsp3) is 0. The molecule has 3 aromatic heterocycles. The number of para-hydroxylation sites is 1. The predicted molar refractivity (Wildman–Crippen MR) is 235 cm³/mol. The third kappa shape index (κ3) is 5.67. The quantitative estimate of drug-likeness (QED) is 0.171. The molecule has 4 heteroatoms. The van der Waals surface area contributed by atoms with Gasteiger partial charge in [0.25, 0.3) is 0 Å². The highest BCUT2D eigenvalue weighted by atomic mass is 32.1. The van der Waals surface area contributed by atoms with Crippen LogP contribution in [-0.2, 0) is 0 Å². The van der Waals surface area contributed by atoms with Crippen LogP contribution < -0.4 is 0 Å². The molecule has 0 radical (unpaired) electrons. The SMILES string of the molecule is c1ccc(-c2cc(-c3cc(-c4cccc(-c5ccc6c(c5)oc5ccccc56)c4)nc(-c4ccccc4)n3)cc(-c3cccc4c3sc3ccccc34)c2)cc1. The number of fused-ring (bicyclic) bond motifs is 6. The van der Waals surface area contributed by atoms with Crippen molar-refractivity contribution in [3.8, 4) is 67.3 Å². The number of hydrogen-bond donors (Lipinski definition) is 0. The molecule has 262 valence electrons. The zero-order chi connectivity index (χ0) is 37.0. The van der Waals surface area contributed by atoms with Crippen LogP contribution in [0.5, 0.6) is 0 Å². The normalized spacial score (nSPS) is 11.6. The number of furan rings is 1. The summed E-state index contributed by atoms with van der Waals surface area (Å²) in [5, 5.41) is 4.82. The Hall–Kier alpha value is -7.14. The second-order valence-electron chi connectivity index (χ2n) is 14.2. The summed E-state index contributed by atoms with van der Waals surface area (Å²) in [5.41, 5.74) is 13.4. The van der Waals surface area contributed by atoms with Crippen LogP contribution in [0.1, 0.15) is 0 Å². The standard InChI is InChI=1S/C52H32N2OS/c1-3-13-33(14-4-1)38-28-39(41-21-12-22-45-44-20-8-10-24-50(44)56-51(41)45)30-40(29-38)47-32-46(53-52(54-47)34-15-5-2-6-16-34)37-18-11-17-35(27-37)36-25-26-43-42-19-7-9-23-48(42)55-49(43)31-36/h1-32H. The molecule has 0 spiro atoms. The summed E-state index contributed by atoms with van der Waals surface area (Å²) in [4.78, 5) is 10.5. The van der Waals surface area contributed by atoms with Gasteiger partial charge in [0.2, 0.25) is 0 Å². The van der Waals surface area contributed by atoms with Gasteiger partial charge in [-0.25, -0.2) is 9.97 Å². The zero-order valence-electron chi connectivity index (χ0n) is 30.2. The Bertz CT molecular complexity index is 3250. The highest BCUT2D eigenvalue weighted by Gasteiger charge is 2.17. The molecular formula is C52H32N2OS. The predicted octanol–water partition coefficient (Wildman–Crippen LogP) is 14.7. The lowest BCUT2D eigenvalue weighted by atomic mass is 9.93. The van der Waals surface area contributed by atoms with Crippen LogP contribution in [0.3, 0.4) is 0 Å². The minimum atomic E-state index is 0.686. The monoisotopic (exact) mass is 732 g/mol. The lowest BCUT2D eigenvalue weighted by Crippen LogP contribution is -1.97. The molecule has 0 aliphatic carbocycles. The number of rotatable bonds is 6. The molecule has 11 rings (SSSR count). The molecule has 0 N–H and O–H groups in total. The highest BCUT2D eigenvalue weighted by Crippen LogP contribution is 2.42. The van der Waals surface area contributed by atoms with Gasteiger partial charge in [-0.3, -0.25) is 0 Å². The molecule has 0 fully saturated rings. The third-order valence-corrected chi connectivity index (χ3v) is 11.9. The smallest absolute Gasteiger partial charge is 0.160 e. The number of hydrogen-bond acceptors (Lipinski definition) is 4. The van der Waals surface area contributed by atoms with Crippen molar-refractivity contribution in [1.29, 1.82) is 0 Å². The number of benzene rings is 8. The molecular weight excluding hydrogens is 701 g/mol. The van der Waals surface area contributed by atoms with Crippen LogP contribution in [0.2, 0.25) is 0 Å². The van der Waals surface area contributed by atoms with Crippen LogP contribution in [0.25, 0.3) is 109 Å². The molecule has 0 aliphatic heterocycles. The summed E-state index contributed by atoms with van der Waals surface area (Å²) in [6.45, 7) is 0. The first-order chi connectivity index (χ1) is 27.7. The Morgan fingerprint density at radius 2 is 0.929 bits per heavy atom. The van der Waals surface area contributed by atoms with Gasteiger partial charge in [0.15, 0.2) is 5.82 Å². The number of nitrogens with zero attached hydrogens (tertiary/aromatic N) is 2. The number of thiophene rings is 1. The van der Waals surface area contributed by atoms with Gasteiger partial charge in [-0.2, -0.15) is 0 Å². The van der Waals surface area contributed by atoms with Gasteiger partial charge in [-0.05, 0) is 88.0 Å². The van der Waals surface area contributed by atoms with E-state index in [0.717, 1.165) is 77.8 Å². The van der Waals surface area contributed by atoms with E-state index in [1.807, 2.05) is 41.7 Å². The van der Waals surface area contributed by atoms with Crippen LogP contribution in [-0.4, -0.2) is 9.97 Å². The van der Waals surface area contributed by atoms with Crippen molar-refractivity contribution in [3.63, 3.8) is 0 Å². The van der Waals surface area contributed by atoms with Gasteiger partial charge < -0.3 is 4.42 Å². The maximum absolute atomic E-state index is 6.26. The van der Waals surface area contributed by atoms with Crippen molar-refractivity contribution in [2.45, 2.75) is 0 Å². The first-order valence-electron chi connectivity index (χ1n) is 18.8.